The molecule has 5 heterocycles. The second-order valence-corrected chi connectivity index (χ2v) is 16.5. The number of aromatic nitrogens is 7. The molecule has 4 N–H and O–H groups in total. The number of oxime groups is 2. The first kappa shape index (κ1) is 61.4. The molecule has 26 nitrogen and oxygen atoms in total. The molecule has 0 aliphatic heterocycles. The van der Waals surface area contributed by atoms with E-state index < -0.39 is 55.7 Å². The van der Waals surface area contributed by atoms with Gasteiger partial charge in [0.2, 0.25) is 17.7 Å². The molecule has 2 aromatic carbocycles. The largest absolute Gasteiger partial charge is 0.471 e. The van der Waals surface area contributed by atoms with E-state index in [-0.39, 0.29) is 67.4 Å². The normalized spacial score (nSPS) is 10.9. The van der Waals surface area contributed by atoms with E-state index in [4.69, 9.17) is 47.8 Å². The summed E-state index contributed by atoms with van der Waals surface area (Å²) >= 11 is 12.5. The van der Waals surface area contributed by atoms with E-state index in [1.165, 1.54) is 83.1 Å². The summed E-state index contributed by atoms with van der Waals surface area (Å²) in [6, 6.07) is 15.0. The van der Waals surface area contributed by atoms with E-state index in [0.717, 1.165) is 27.9 Å². The van der Waals surface area contributed by atoms with Crippen LogP contribution in [0.5, 0.6) is 11.8 Å². The average molecular weight is 1160 g/mol. The van der Waals surface area contributed by atoms with Gasteiger partial charge in [0.25, 0.3) is 24.7 Å². The number of nitrogens with zero attached hydrogens (tertiary/aromatic N) is 11. The van der Waals surface area contributed by atoms with Crippen LogP contribution in [0.4, 0.5) is 32.8 Å². The van der Waals surface area contributed by atoms with Gasteiger partial charge in [-0.05, 0) is 84.6 Å². The van der Waals surface area contributed by atoms with Crippen LogP contribution in [0.1, 0.15) is 43.1 Å². The van der Waals surface area contributed by atoms with Crippen LogP contribution >= 0.6 is 23.2 Å². The summed E-state index contributed by atoms with van der Waals surface area (Å²) in [5.41, 5.74) is 4.18. The highest BCUT2D eigenvalue weighted by molar-refractivity contribution is 6.32. The van der Waals surface area contributed by atoms with Gasteiger partial charge < -0.3 is 38.4 Å². The molecular weight excluding hydrogens is 1110 g/mol. The Balaban J connectivity index is 0.000000266. The summed E-state index contributed by atoms with van der Waals surface area (Å²) in [7, 11) is 7.83. The van der Waals surface area contributed by atoms with Gasteiger partial charge in [0.1, 0.15) is 25.6 Å². The van der Waals surface area contributed by atoms with Crippen LogP contribution in [0.3, 0.4) is 0 Å². The molecule has 0 radical (unpaired) electrons. The molecule has 7 rings (SSSR count). The van der Waals surface area contributed by atoms with Gasteiger partial charge in [0.05, 0.1) is 58.8 Å². The third-order valence-electron chi connectivity index (χ3n) is 10.0. The number of methoxy groups -OCH3 is 2. The third-order valence-corrected chi connectivity index (χ3v) is 10.6. The summed E-state index contributed by atoms with van der Waals surface area (Å²) in [6.45, 7) is 1.56. The number of hydrogen-bond acceptors (Lipinski definition) is 20. The molecular formula is C48H48Cl2F4N14O12. The maximum Gasteiger partial charge on any atom is 0.428 e. The van der Waals surface area contributed by atoms with Crippen molar-refractivity contribution in [2.75, 3.05) is 61.1 Å². The number of hydrazine groups is 2. The molecule has 0 saturated heterocycles. The second kappa shape index (κ2) is 28.8. The molecule has 0 aliphatic carbocycles. The molecule has 0 spiro atoms. The molecule has 7 aromatic rings. The number of carbonyl (C=O) groups is 4. The number of aryl methyl sites for hydroxylation is 2. The van der Waals surface area contributed by atoms with Gasteiger partial charge in [0.15, 0.2) is 24.8 Å². The zero-order valence-corrected chi connectivity index (χ0v) is 44.8. The van der Waals surface area contributed by atoms with E-state index in [0.29, 0.717) is 27.8 Å². The smallest absolute Gasteiger partial charge is 0.428 e. The predicted octanol–water partition coefficient (Wildman–Crippen LogP) is 7.03. The zero-order valence-electron chi connectivity index (χ0n) is 43.3. The van der Waals surface area contributed by atoms with Crippen LogP contribution in [-0.2, 0) is 19.1 Å². The first-order valence-electron chi connectivity index (χ1n) is 22.6. The van der Waals surface area contributed by atoms with Crippen LogP contribution in [0.15, 0.2) is 92.6 Å². The standard InChI is InChI=1S/C24H24ClF2N7O6.C21H16ClF2N5O4.C3H8N2O2/c1-13-8-14(11-29-39-4)9-15(22(35)32-33(2)24(37)38-3)20(13)30-23(36)17-10-19(40-12-18(26)27)31-34(17)21-16(25)6-5-7-28-21;1-11-6-12(9-26-31-2)7-13-18(11)27-20(33-21(13)30)15-8-17(32-10-16(23)24)28-29(15)19-14(22)4-3-5-25-19;1-5(4)3(6)7-2/h5-11,18H,12H2,1-4H3,(H,30,36)(H,32,35);3-9,16H,10H2,1-2H3;4H2,1-2H3. The fraction of sp³-hybridized carbons (Fsp3) is 0.250. The van der Waals surface area contributed by atoms with Crippen molar-refractivity contribution in [1.82, 2.24) is 50.0 Å². The van der Waals surface area contributed by atoms with Crippen molar-refractivity contribution < 1.29 is 69.8 Å². The van der Waals surface area contributed by atoms with Crippen molar-refractivity contribution in [2.24, 2.45) is 16.2 Å². The Hall–Kier alpha value is -9.42. The maximum absolute atomic E-state index is 13.5. The highest BCUT2D eigenvalue weighted by atomic mass is 35.5. The van der Waals surface area contributed by atoms with Crippen LogP contribution < -0.4 is 31.7 Å². The van der Waals surface area contributed by atoms with Gasteiger partial charge >= 0.3 is 17.8 Å². The number of benzene rings is 2. The fourth-order valence-corrected chi connectivity index (χ4v) is 7.00. The molecule has 32 heteroatoms. The van der Waals surface area contributed by atoms with Crippen molar-refractivity contribution in [3.05, 3.63) is 127 Å². The lowest BCUT2D eigenvalue weighted by molar-refractivity contribution is 0.0767. The molecule has 0 unspecified atom stereocenters. The second-order valence-electron chi connectivity index (χ2n) is 15.7. The van der Waals surface area contributed by atoms with Gasteiger partial charge in [-0.3, -0.25) is 15.0 Å². The number of alkyl halides is 4. The minimum Gasteiger partial charge on any atom is -0.471 e. The van der Waals surface area contributed by atoms with Crippen molar-refractivity contribution >= 4 is 76.2 Å². The molecule has 4 amide bonds. The van der Waals surface area contributed by atoms with E-state index in [1.54, 1.807) is 50.2 Å². The molecule has 0 fully saturated rings. The average Bonchev–Trinajstić information content (AvgIpc) is 4.20. The monoisotopic (exact) mass is 1160 g/mol. The van der Waals surface area contributed by atoms with Gasteiger partial charge in [-0.25, -0.2) is 72.1 Å². The van der Waals surface area contributed by atoms with E-state index in [2.05, 4.69) is 60.5 Å². The van der Waals surface area contributed by atoms with Crippen LogP contribution in [-0.4, -0.2) is 150 Å². The summed E-state index contributed by atoms with van der Waals surface area (Å²) < 4.78 is 77.2. The number of amides is 4. The fourth-order valence-electron chi connectivity index (χ4n) is 6.60. The Labute approximate surface area is 460 Å². The minimum absolute atomic E-state index is 0.0294. The summed E-state index contributed by atoms with van der Waals surface area (Å²) in [4.78, 5) is 83.5. The number of halogens is 6. The molecule has 80 heavy (non-hydrogen) atoms. The van der Waals surface area contributed by atoms with Gasteiger partial charge in [-0.15, -0.1) is 10.2 Å². The summed E-state index contributed by atoms with van der Waals surface area (Å²) in [5.74, 6) is 2.99. The van der Waals surface area contributed by atoms with Crippen molar-refractivity contribution in [1.29, 1.82) is 0 Å². The van der Waals surface area contributed by atoms with Gasteiger partial charge in [-0.1, -0.05) is 33.5 Å². The number of fused-ring (bicyclic) bond motifs is 1. The van der Waals surface area contributed by atoms with Crippen molar-refractivity contribution in [2.45, 2.75) is 26.7 Å². The molecule has 0 saturated carbocycles. The zero-order chi connectivity index (χ0) is 58.8. The number of nitrogens with two attached hydrogens (primary N) is 1. The van der Waals surface area contributed by atoms with E-state index >= 15 is 0 Å². The van der Waals surface area contributed by atoms with E-state index in [9.17, 15) is 41.5 Å². The number of anilines is 1. The Morgan fingerprint density at radius 3 is 1.82 bits per heavy atom. The molecule has 0 atom stereocenters. The Morgan fingerprint density at radius 1 is 0.762 bits per heavy atom. The molecule has 5 aromatic heterocycles. The Bertz CT molecular complexity index is 3450. The molecule has 0 bridgehead atoms. The number of hydrogen-bond donors (Lipinski definition) is 3. The highest BCUT2D eigenvalue weighted by Crippen LogP contribution is 2.30. The van der Waals surface area contributed by atoms with Gasteiger partial charge in [0, 0.05) is 38.6 Å². The Kier molecular flexibility index (Phi) is 22.1. The SMILES string of the molecule is COC(=O)N(C)N.CON=Cc1cc(C)c(NC(=O)c2cc(OCC(F)F)nn2-c2ncccc2Cl)c(C(=O)NN(C)C(=O)OC)c1.CON=Cc1cc(C)c2nc(-c3cc(OCC(F)F)nn3-c3ncccc3Cl)oc(=O)c2c1. The number of ether oxygens (including phenoxy) is 4. The van der Waals surface area contributed by atoms with Crippen molar-refractivity contribution in [3.8, 4) is 35.0 Å². The van der Waals surface area contributed by atoms with Crippen molar-refractivity contribution in [3.63, 3.8) is 0 Å². The van der Waals surface area contributed by atoms with Crippen LogP contribution in [0.2, 0.25) is 10.0 Å². The third kappa shape index (κ3) is 16.3. The van der Waals surface area contributed by atoms with Crippen LogP contribution in [0.25, 0.3) is 34.1 Å². The predicted molar refractivity (Wildman–Crippen MR) is 280 cm³/mol. The maximum atomic E-state index is 13.5. The lowest BCUT2D eigenvalue weighted by Crippen LogP contribution is -2.43. The molecule has 0 aliphatic rings. The lowest BCUT2D eigenvalue weighted by Gasteiger charge is -2.19. The molecule has 424 valence electrons. The highest BCUT2D eigenvalue weighted by Gasteiger charge is 2.26. The van der Waals surface area contributed by atoms with Crippen LogP contribution in [0, 0.1) is 13.8 Å². The Morgan fingerprint density at radius 2 is 1.30 bits per heavy atom. The van der Waals surface area contributed by atoms with E-state index in [1.807, 2.05) is 0 Å². The number of nitrogens with one attached hydrogen (secondary N) is 2. The number of carbonyl (C=O) groups excluding carboxylic acids is 4. The first-order chi connectivity index (χ1) is 38.1. The van der Waals surface area contributed by atoms with Gasteiger partial charge in [-0.2, -0.15) is 0 Å². The topological polar surface area (TPSA) is 309 Å². The summed E-state index contributed by atoms with van der Waals surface area (Å²) in [6.07, 6.45) is -1.21. The first-order valence-corrected chi connectivity index (χ1v) is 23.3. The number of pyridine rings is 2. The number of rotatable bonds is 16. The quantitative estimate of drug-likeness (QED) is 0.0287. The minimum atomic E-state index is -2.78. The summed E-state index contributed by atoms with van der Waals surface area (Å²) in [5, 5.41) is 20.5. The lowest BCUT2D eigenvalue weighted by atomic mass is 10.0.